The average molecular weight is 613 g/mol. The number of aliphatic hydroxyl groups is 1. The molecule has 1 unspecified atom stereocenters. The van der Waals surface area contributed by atoms with E-state index in [1.54, 1.807) is 0 Å². The molecule has 1 atom stereocenters. The quantitative estimate of drug-likeness (QED) is 0.209. The zero-order chi connectivity index (χ0) is 25.3. The van der Waals surface area contributed by atoms with Crippen molar-refractivity contribution in [1.82, 2.24) is 4.90 Å². The molecule has 36 heavy (non-hydrogen) atoms. The number of carbonyl (C=O) groups is 3. The van der Waals surface area contributed by atoms with Crippen molar-refractivity contribution < 1.29 is 52.7 Å². The van der Waals surface area contributed by atoms with Crippen LogP contribution in [0.15, 0.2) is 30.3 Å². The van der Waals surface area contributed by atoms with Crippen molar-refractivity contribution in [1.29, 1.82) is 0 Å². The maximum absolute atomic E-state index is 13.3. The van der Waals surface area contributed by atoms with Crippen LogP contribution < -0.4 is 24.0 Å². The minimum Gasteiger partial charge on any atom is -1.00 e. The molecule has 2 heterocycles. The maximum atomic E-state index is 13.3. The van der Waals surface area contributed by atoms with Crippen LogP contribution in [0.1, 0.15) is 70.8 Å². The summed E-state index contributed by atoms with van der Waals surface area (Å²) < 4.78 is 6.44. The van der Waals surface area contributed by atoms with E-state index in [0.29, 0.717) is 35.9 Å². The number of hydrogen-bond donors (Lipinski definition) is 1. The molecule has 200 valence electrons. The van der Waals surface area contributed by atoms with E-state index in [-0.39, 0.29) is 54.4 Å². The number of rotatable bonds is 7. The lowest BCUT2D eigenvalue weighted by Crippen LogP contribution is -3.00. The van der Waals surface area contributed by atoms with E-state index >= 15 is 0 Å². The zero-order valence-corrected chi connectivity index (χ0v) is 24.0. The molecule has 7 nitrogen and oxygen atoms in total. The molecule has 3 fully saturated rings. The van der Waals surface area contributed by atoms with E-state index in [2.05, 4.69) is 7.05 Å². The van der Waals surface area contributed by atoms with Crippen molar-refractivity contribution in [3.05, 3.63) is 35.9 Å². The van der Waals surface area contributed by atoms with Gasteiger partial charge in [-0.05, 0) is 32.3 Å². The Morgan fingerprint density at radius 2 is 1.75 bits per heavy atom. The highest BCUT2D eigenvalue weighted by Gasteiger charge is 2.55. The lowest BCUT2D eigenvalue weighted by molar-refractivity contribution is -0.916. The Hall–Kier alpha value is -1.52. The van der Waals surface area contributed by atoms with Gasteiger partial charge in [0.15, 0.2) is 5.60 Å². The molecule has 3 aliphatic rings. The molecule has 0 aromatic heterocycles. The van der Waals surface area contributed by atoms with Gasteiger partial charge in [-0.25, -0.2) is 4.79 Å². The lowest BCUT2D eigenvalue weighted by Gasteiger charge is -2.44. The van der Waals surface area contributed by atoms with Gasteiger partial charge in [0.1, 0.15) is 13.2 Å². The molecule has 1 aliphatic carbocycles. The van der Waals surface area contributed by atoms with E-state index in [4.69, 9.17) is 4.74 Å². The van der Waals surface area contributed by atoms with Gasteiger partial charge in [-0.3, -0.25) is 14.5 Å². The van der Waals surface area contributed by atoms with Crippen molar-refractivity contribution in [2.24, 2.45) is 11.3 Å². The van der Waals surface area contributed by atoms with E-state index in [1.165, 1.54) is 4.90 Å². The molecule has 0 radical (unpaired) electrons. The number of halogens is 1. The first-order chi connectivity index (χ1) is 16.6. The zero-order valence-electron chi connectivity index (χ0n) is 21.9. The fourth-order valence-corrected chi connectivity index (χ4v) is 6.36. The number of nitrogens with zero attached hydrogens (tertiary/aromatic N) is 2. The van der Waals surface area contributed by atoms with Gasteiger partial charge in [0, 0.05) is 31.2 Å². The van der Waals surface area contributed by atoms with Gasteiger partial charge < -0.3 is 38.3 Å². The predicted molar refractivity (Wildman–Crippen MR) is 132 cm³/mol. The summed E-state index contributed by atoms with van der Waals surface area (Å²) in [6.07, 6.45) is 6.44. The molecule has 1 N–H and O–H groups in total. The molecule has 2 aliphatic heterocycles. The first kappa shape index (κ1) is 29.0. The largest absolute Gasteiger partial charge is 1.00 e. The van der Waals surface area contributed by atoms with Crippen LogP contribution in [0.25, 0.3) is 0 Å². The summed E-state index contributed by atoms with van der Waals surface area (Å²) in [5.74, 6) is -0.770. The number of piperidine rings is 1. The summed E-state index contributed by atoms with van der Waals surface area (Å²) in [6.45, 7) is 6.12. The second-order valence-electron chi connectivity index (χ2n) is 11.5. The summed E-state index contributed by atoms with van der Waals surface area (Å²) in [7, 11) is 2.12. The van der Waals surface area contributed by atoms with Crippen molar-refractivity contribution in [2.45, 2.75) is 76.9 Å². The SMILES string of the molecule is CC(C)N1C(=O)CC2(CC[N+](C)(CCOC(=O)C(O)(c3ccccc3)C3CCCCC3)CC2)C1=O.[I-]. The number of amides is 2. The molecular weight excluding hydrogens is 571 g/mol. The Morgan fingerprint density at radius 1 is 1.14 bits per heavy atom. The van der Waals surface area contributed by atoms with E-state index in [0.717, 1.165) is 45.2 Å². The van der Waals surface area contributed by atoms with Crippen molar-refractivity contribution >= 4 is 17.8 Å². The van der Waals surface area contributed by atoms with Gasteiger partial charge in [-0.1, -0.05) is 49.6 Å². The highest BCUT2D eigenvalue weighted by Crippen LogP contribution is 2.44. The monoisotopic (exact) mass is 612 g/mol. The van der Waals surface area contributed by atoms with Gasteiger partial charge >= 0.3 is 5.97 Å². The van der Waals surface area contributed by atoms with E-state index in [9.17, 15) is 19.5 Å². The lowest BCUT2D eigenvalue weighted by atomic mass is 9.73. The molecular formula is C28H41IN2O5. The number of likely N-dealkylation sites (N-methyl/N-ethyl adjacent to an activating group) is 1. The molecule has 1 saturated carbocycles. The summed E-state index contributed by atoms with van der Waals surface area (Å²) in [5, 5.41) is 11.7. The standard InChI is InChI=1S/C28H41N2O5.HI/c1-21(2)29-24(31)20-27(25(29)32)14-16-30(3,17-15-27)18-19-35-26(33)28(34,22-10-6-4-7-11-22)23-12-8-5-9-13-23;/h4,6-7,10-11,21,23,34H,5,8-9,12-20H2,1-3H3;1H/q+1;/p-1. The normalized spacial score (nSPS) is 28.8. The Bertz CT molecular complexity index is 939. The molecule has 0 bridgehead atoms. The third-order valence-corrected chi connectivity index (χ3v) is 8.79. The van der Waals surface area contributed by atoms with Crippen LogP contribution in [0.4, 0.5) is 0 Å². The Labute approximate surface area is 232 Å². The number of hydrogen-bond acceptors (Lipinski definition) is 5. The minimum atomic E-state index is -1.62. The number of esters is 1. The van der Waals surface area contributed by atoms with Gasteiger partial charge in [-0.2, -0.15) is 0 Å². The fourth-order valence-electron chi connectivity index (χ4n) is 6.36. The minimum absolute atomic E-state index is 0. The van der Waals surface area contributed by atoms with Crippen molar-refractivity contribution in [3.8, 4) is 0 Å². The number of imide groups is 1. The van der Waals surface area contributed by atoms with E-state index < -0.39 is 17.0 Å². The summed E-state index contributed by atoms with van der Waals surface area (Å²) in [4.78, 5) is 40.3. The summed E-state index contributed by atoms with van der Waals surface area (Å²) >= 11 is 0. The van der Waals surface area contributed by atoms with Gasteiger partial charge in [0.25, 0.3) is 0 Å². The highest BCUT2D eigenvalue weighted by molar-refractivity contribution is 6.06. The molecule has 1 aromatic rings. The Balaban J connectivity index is 0.00000361. The third kappa shape index (κ3) is 5.50. The smallest absolute Gasteiger partial charge is 0.343 e. The Kier molecular flexibility index (Phi) is 9.26. The highest BCUT2D eigenvalue weighted by atomic mass is 127. The van der Waals surface area contributed by atoms with Crippen LogP contribution in [0.2, 0.25) is 0 Å². The molecule has 2 saturated heterocycles. The van der Waals surface area contributed by atoms with Gasteiger partial charge in [0.05, 0.1) is 25.6 Å². The van der Waals surface area contributed by atoms with E-state index in [1.807, 2.05) is 44.2 Å². The fraction of sp³-hybridized carbons (Fsp3) is 0.679. The van der Waals surface area contributed by atoms with Crippen LogP contribution in [-0.2, 0) is 24.7 Å². The molecule has 8 heteroatoms. The van der Waals surface area contributed by atoms with Crippen molar-refractivity contribution in [2.75, 3.05) is 33.3 Å². The Morgan fingerprint density at radius 3 is 2.31 bits per heavy atom. The van der Waals surface area contributed by atoms with Crippen LogP contribution in [0.3, 0.4) is 0 Å². The molecule has 2 amide bonds. The van der Waals surface area contributed by atoms with Gasteiger partial charge in [-0.15, -0.1) is 0 Å². The van der Waals surface area contributed by atoms with Crippen LogP contribution >= 0.6 is 0 Å². The number of ether oxygens (including phenoxy) is 1. The number of carbonyl (C=O) groups excluding carboxylic acids is 3. The summed E-state index contributed by atoms with van der Waals surface area (Å²) in [6, 6.07) is 9.10. The maximum Gasteiger partial charge on any atom is 0.343 e. The summed E-state index contributed by atoms with van der Waals surface area (Å²) in [5.41, 5.74) is -1.58. The van der Waals surface area contributed by atoms with Crippen LogP contribution in [0, 0.1) is 11.3 Å². The van der Waals surface area contributed by atoms with Crippen LogP contribution in [-0.4, -0.2) is 71.6 Å². The number of benzene rings is 1. The molecule has 1 aromatic carbocycles. The predicted octanol–water partition coefficient (Wildman–Crippen LogP) is 0.396. The second kappa shape index (κ2) is 11.5. The average Bonchev–Trinajstić information content (AvgIpc) is 3.11. The van der Waals surface area contributed by atoms with Gasteiger partial charge in [0.2, 0.25) is 11.8 Å². The first-order valence-electron chi connectivity index (χ1n) is 13.3. The van der Waals surface area contributed by atoms with Crippen molar-refractivity contribution in [3.63, 3.8) is 0 Å². The van der Waals surface area contributed by atoms with Crippen LogP contribution in [0.5, 0.6) is 0 Å². The third-order valence-electron chi connectivity index (χ3n) is 8.79. The second-order valence-corrected chi connectivity index (χ2v) is 11.5. The molecule has 4 rings (SSSR count). The molecule has 1 spiro atoms. The first-order valence-corrected chi connectivity index (χ1v) is 13.3. The topological polar surface area (TPSA) is 83.9 Å². The number of quaternary nitrogens is 1. The number of likely N-dealkylation sites (tertiary alicyclic amines) is 2.